The second kappa shape index (κ2) is 7.02. The van der Waals surface area contributed by atoms with E-state index in [-0.39, 0.29) is 36.6 Å². The molecule has 3 amide bonds. The van der Waals surface area contributed by atoms with Gasteiger partial charge < -0.3 is 15.1 Å². The van der Waals surface area contributed by atoms with Gasteiger partial charge in [-0.15, -0.1) is 0 Å². The topological polar surface area (TPSA) is 69.7 Å². The molecule has 118 valence electrons. The number of halogens is 1. The third kappa shape index (κ3) is 4.28. The minimum Gasteiger partial charge on any atom is -0.335 e. The van der Waals surface area contributed by atoms with Gasteiger partial charge in [-0.3, -0.25) is 14.4 Å². The van der Waals surface area contributed by atoms with Gasteiger partial charge in [0.2, 0.25) is 17.7 Å². The summed E-state index contributed by atoms with van der Waals surface area (Å²) < 4.78 is 12.8. The molecule has 0 atom stereocenters. The fourth-order valence-electron chi connectivity index (χ4n) is 2.19. The van der Waals surface area contributed by atoms with Crippen LogP contribution in [0.15, 0.2) is 24.3 Å². The number of nitrogens with one attached hydrogen (secondary N) is 1. The van der Waals surface area contributed by atoms with Crippen molar-refractivity contribution in [2.75, 3.05) is 32.0 Å². The van der Waals surface area contributed by atoms with Gasteiger partial charge in [-0.05, 0) is 30.7 Å². The average Bonchev–Trinajstić information content (AvgIpc) is 2.86. The number of hydrogen-bond donors (Lipinski definition) is 1. The first-order chi connectivity index (χ1) is 10.5. The maximum Gasteiger partial charge on any atom is 0.243 e. The molecule has 2 rings (SSSR count). The van der Waals surface area contributed by atoms with E-state index in [1.54, 1.807) is 0 Å². The number of rotatable bonds is 5. The Morgan fingerprint density at radius 1 is 1.32 bits per heavy atom. The molecule has 7 heteroatoms. The molecule has 0 aliphatic carbocycles. The lowest BCUT2D eigenvalue weighted by molar-refractivity contribution is -0.138. The van der Waals surface area contributed by atoms with Gasteiger partial charge in [-0.1, -0.05) is 0 Å². The van der Waals surface area contributed by atoms with Gasteiger partial charge >= 0.3 is 0 Å². The number of nitrogens with zero attached hydrogens (tertiary/aromatic N) is 2. The third-order valence-corrected chi connectivity index (χ3v) is 3.43. The number of benzene rings is 1. The van der Waals surface area contributed by atoms with E-state index in [0.717, 1.165) is 6.42 Å². The van der Waals surface area contributed by atoms with Gasteiger partial charge in [-0.2, -0.15) is 0 Å². The van der Waals surface area contributed by atoms with Crippen LogP contribution in [0.1, 0.15) is 12.8 Å². The number of carbonyl (C=O) groups is 3. The highest BCUT2D eigenvalue weighted by molar-refractivity contribution is 5.95. The van der Waals surface area contributed by atoms with Crippen molar-refractivity contribution in [3.8, 4) is 0 Å². The van der Waals surface area contributed by atoms with Crippen LogP contribution in [0.3, 0.4) is 0 Å². The zero-order valence-electron chi connectivity index (χ0n) is 12.3. The zero-order valence-corrected chi connectivity index (χ0v) is 12.3. The van der Waals surface area contributed by atoms with Crippen molar-refractivity contribution in [2.24, 2.45) is 0 Å². The van der Waals surface area contributed by atoms with Gasteiger partial charge in [0.1, 0.15) is 5.82 Å². The smallest absolute Gasteiger partial charge is 0.243 e. The summed E-state index contributed by atoms with van der Waals surface area (Å²) in [6, 6.07) is 5.36. The number of amides is 3. The Morgan fingerprint density at radius 3 is 2.59 bits per heavy atom. The minimum atomic E-state index is -0.388. The molecule has 0 unspecified atom stereocenters. The molecule has 0 spiro atoms. The molecule has 22 heavy (non-hydrogen) atoms. The normalized spacial score (nSPS) is 14.1. The Balaban J connectivity index is 1.81. The lowest BCUT2D eigenvalue weighted by Crippen LogP contribution is -2.42. The minimum absolute atomic E-state index is 0.000832. The summed E-state index contributed by atoms with van der Waals surface area (Å²) in [4.78, 5) is 38.0. The van der Waals surface area contributed by atoms with Gasteiger partial charge in [-0.25, -0.2) is 4.39 Å². The van der Waals surface area contributed by atoms with Crippen LogP contribution in [0.25, 0.3) is 0 Å². The van der Waals surface area contributed by atoms with E-state index >= 15 is 0 Å². The highest BCUT2D eigenvalue weighted by Gasteiger charge is 2.24. The summed E-state index contributed by atoms with van der Waals surface area (Å²) in [6.07, 6.45) is 1.24. The molecular weight excluding hydrogens is 289 g/mol. The zero-order chi connectivity index (χ0) is 16.1. The highest BCUT2D eigenvalue weighted by atomic mass is 19.1. The van der Waals surface area contributed by atoms with Crippen molar-refractivity contribution in [1.29, 1.82) is 0 Å². The Hall–Kier alpha value is -2.44. The monoisotopic (exact) mass is 307 g/mol. The number of hydrogen-bond acceptors (Lipinski definition) is 3. The molecule has 0 radical (unpaired) electrons. The molecule has 1 heterocycles. The molecule has 0 aromatic heterocycles. The highest BCUT2D eigenvalue weighted by Crippen LogP contribution is 2.10. The summed E-state index contributed by atoms with van der Waals surface area (Å²) in [5.74, 6) is -1.09. The average molecular weight is 307 g/mol. The summed E-state index contributed by atoms with van der Waals surface area (Å²) >= 11 is 0. The van der Waals surface area contributed by atoms with Gasteiger partial charge in [0.15, 0.2) is 0 Å². The van der Waals surface area contributed by atoms with Crippen LogP contribution in [0.4, 0.5) is 10.1 Å². The van der Waals surface area contributed by atoms with Crippen molar-refractivity contribution >= 4 is 23.4 Å². The Morgan fingerprint density at radius 2 is 2.00 bits per heavy atom. The second-order valence-corrected chi connectivity index (χ2v) is 5.22. The number of likely N-dealkylation sites (tertiary alicyclic amines) is 1. The molecule has 1 N–H and O–H groups in total. The first-order valence-corrected chi connectivity index (χ1v) is 7.03. The van der Waals surface area contributed by atoms with Crippen molar-refractivity contribution in [3.63, 3.8) is 0 Å². The van der Waals surface area contributed by atoms with Crippen molar-refractivity contribution in [3.05, 3.63) is 30.1 Å². The van der Waals surface area contributed by atoms with Crippen LogP contribution in [-0.2, 0) is 14.4 Å². The predicted molar refractivity (Wildman–Crippen MR) is 78.5 cm³/mol. The third-order valence-electron chi connectivity index (χ3n) is 3.43. The van der Waals surface area contributed by atoms with Crippen molar-refractivity contribution < 1.29 is 18.8 Å². The van der Waals surface area contributed by atoms with E-state index in [1.165, 1.54) is 41.1 Å². The Labute approximate surface area is 127 Å². The molecule has 0 saturated carbocycles. The summed E-state index contributed by atoms with van der Waals surface area (Å²) in [7, 11) is 1.51. The lowest BCUT2D eigenvalue weighted by atomic mass is 10.3. The molecular formula is C15H18FN3O3. The Bertz CT molecular complexity index is 574. The van der Waals surface area contributed by atoms with E-state index in [0.29, 0.717) is 18.7 Å². The molecule has 6 nitrogen and oxygen atoms in total. The van der Waals surface area contributed by atoms with E-state index in [4.69, 9.17) is 0 Å². The van der Waals surface area contributed by atoms with Gasteiger partial charge in [0, 0.05) is 25.7 Å². The first-order valence-electron chi connectivity index (χ1n) is 7.03. The largest absolute Gasteiger partial charge is 0.335 e. The quantitative estimate of drug-likeness (QED) is 0.876. The van der Waals surface area contributed by atoms with E-state index < -0.39 is 0 Å². The Kier molecular flexibility index (Phi) is 5.08. The SMILES string of the molecule is CN(CC(=O)Nc1ccc(F)cc1)C(=O)CN1CCCC1=O. The van der Waals surface area contributed by atoms with Crippen LogP contribution in [0, 0.1) is 5.82 Å². The van der Waals surface area contributed by atoms with Crippen LogP contribution in [-0.4, -0.2) is 54.2 Å². The van der Waals surface area contributed by atoms with Crippen LogP contribution >= 0.6 is 0 Å². The summed E-state index contributed by atoms with van der Waals surface area (Å²) in [6.45, 7) is 0.456. The lowest BCUT2D eigenvalue weighted by Gasteiger charge is -2.21. The molecule has 1 fully saturated rings. The maximum absolute atomic E-state index is 12.8. The van der Waals surface area contributed by atoms with E-state index in [9.17, 15) is 18.8 Å². The molecule has 1 aliphatic heterocycles. The summed E-state index contributed by atoms with van der Waals surface area (Å²) in [5.41, 5.74) is 0.460. The predicted octanol–water partition coefficient (Wildman–Crippen LogP) is 0.845. The molecule has 1 aromatic carbocycles. The fourth-order valence-corrected chi connectivity index (χ4v) is 2.19. The summed E-state index contributed by atoms with van der Waals surface area (Å²) in [5, 5.41) is 2.58. The molecule has 1 saturated heterocycles. The van der Waals surface area contributed by atoms with Crippen LogP contribution < -0.4 is 5.32 Å². The van der Waals surface area contributed by atoms with Crippen LogP contribution in [0.5, 0.6) is 0 Å². The molecule has 1 aliphatic rings. The van der Waals surface area contributed by atoms with Gasteiger partial charge in [0.05, 0.1) is 13.1 Å². The standard InChI is InChI=1S/C15H18FN3O3/c1-18(15(22)10-19-8-2-3-14(19)21)9-13(20)17-12-6-4-11(16)5-7-12/h4-7H,2-3,8-10H2,1H3,(H,17,20). The van der Waals surface area contributed by atoms with E-state index in [2.05, 4.69) is 5.32 Å². The van der Waals surface area contributed by atoms with Gasteiger partial charge in [0.25, 0.3) is 0 Å². The van der Waals surface area contributed by atoms with Crippen molar-refractivity contribution in [2.45, 2.75) is 12.8 Å². The maximum atomic E-state index is 12.8. The van der Waals surface area contributed by atoms with Crippen molar-refractivity contribution in [1.82, 2.24) is 9.80 Å². The first kappa shape index (κ1) is 15.9. The second-order valence-electron chi connectivity index (χ2n) is 5.22. The molecule has 0 bridgehead atoms. The number of carbonyl (C=O) groups excluding carboxylic acids is 3. The molecule has 1 aromatic rings. The van der Waals surface area contributed by atoms with Crippen LogP contribution in [0.2, 0.25) is 0 Å². The van der Waals surface area contributed by atoms with E-state index in [1.807, 2.05) is 0 Å². The number of anilines is 1. The number of likely N-dealkylation sites (N-methyl/N-ethyl adjacent to an activating group) is 1. The fraction of sp³-hybridized carbons (Fsp3) is 0.400.